The molecule has 0 saturated heterocycles. The lowest BCUT2D eigenvalue weighted by Gasteiger charge is -2.23. The van der Waals surface area contributed by atoms with Crippen molar-refractivity contribution in [1.29, 1.82) is 0 Å². The summed E-state index contributed by atoms with van der Waals surface area (Å²) in [7, 11) is 2.21. The van der Waals surface area contributed by atoms with E-state index in [2.05, 4.69) is 55.3 Å². The minimum absolute atomic E-state index is 0.335. The Morgan fingerprint density at radius 3 is 2.64 bits per heavy atom. The van der Waals surface area contributed by atoms with Gasteiger partial charge in [-0.05, 0) is 48.8 Å². The number of ether oxygens (including phenoxy) is 2. The number of benzene rings is 2. The van der Waals surface area contributed by atoms with E-state index in [1.165, 1.54) is 16.7 Å². The van der Waals surface area contributed by atoms with E-state index < -0.39 is 0 Å². The van der Waals surface area contributed by atoms with Crippen molar-refractivity contribution in [3.8, 4) is 11.5 Å². The maximum absolute atomic E-state index is 5.55. The number of hydrogen-bond donors (Lipinski definition) is 0. The van der Waals surface area contributed by atoms with Gasteiger partial charge in [0.2, 0.25) is 6.79 Å². The molecule has 3 nitrogen and oxygen atoms in total. The molecule has 1 aliphatic heterocycles. The molecule has 0 amide bonds. The second kappa shape index (κ2) is 5.33. The van der Waals surface area contributed by atoms with Gasteiger partial charge in [-0.3, -0.25) is 4.90 Å². The molecule has 22 heavy (non-hydrogen) atoms. The molecular weight excluding hydrogens is 274 g/mol. The van der Waals surface area contributed by atoms with E-state index in [0.29, 0.717) is 18.8 Å². The maximum Gasteiger partial charge on any atom is 0.231 e. The average molecular weight is 295 g/mol. The summed E-state index contributed by atoms with van der Waals surface area (Å²) in [4.78, 5) is 2.44. The molecule has 0 spiro atoms. The molecule has 0 aromatic heterocycles. The summed E-state index contributed by atoms with van der Waals surface area (Å²) >= 11 is 0. The molecule has 2 unspecified atom stereocenters. The van der Waals surface area contributed by atoms with E-state index in [1.807, 2.05) is 6.07 Å². The molecule has 1 heterocycles. The lowest BCUT2D eigenvalue weighted by molar-refractivity contribution is 0.174. The van der Waals surface area contributed by atoms with E-state index in [4.69, 9.17) is 9.47 Å². The Labute approximate surface area is 131 Å². The van der Waals surface area contributed by atoms with Crippen molar-refractivity contribution < 1.29 is 9.47 Å². The van der Waals surface area contributed by atoms with E-state index in [9.17, 15) is 0 Å². The molecule has 114 valence electrons. The Kier molecular flexibility index (Phi) is 3.30. The number of nitrogens with zero attached hydrogens (tertiary/aromatic N) is 1. The van der Waals surface area contributed by atoms with Gasteiger partial charge in [0.1, 0.15) is 0 Å². The first-order valence-corrected chi connectivity index (χ1v) is 7.96. The summed E-state index contributed by atoms with van der Waals surface area (Å²) < 4.78 is 11.0. The van der Waals surface area contributed by atoms with Crippen LogP contribution in [0.5, 0.6) is 11.5 Å². The highest BCUT2D eigenvalue weighted by Gasteiger charge is 2.34. The van der Waals surface area contributed by atoms with Crippen molar-refractivity contribution in [3.05, 3.63) is 59.2 Å². The second-order valence-electron chi connectivity index (χ2n) is 6.12. The summed E-state index contributed by atoms with van der Waals surface area (Å²) in [6.07, 6.45) is 1.13. The van der Waals surface area contributed by atoms with Crippen LogP contribution in [0.15, 0.2) is 42.5 Å². The predicted molar refractivity (Wildman–Crippen MR) is 86.5 cm³/mol. The van der Waals surface area contributed by atoms with Crippen molar-refractivity contribution >= 4 is 0 Å². The molecule has 2 aromatic rings. The van der Waals surface area contributed by atoms with Crippen molar-refractivity contribution in [2.24, 2.45) is 0 Å². The topological polar surface area (TPSA) is 21.7 Å². The minimum atomic E-state index is 0.335. The van der Waals surface area contributed by atoms with Gasteiger partial charge in [0.15, 0.2) is 11.5 Å². The molecule has 0 saturated carbocycles. The van der Waals surface area contributed by atoms with Gasteiger partial charge in [-0.2, -0.15) is 0 Å². The average Bonchev–Trinajstić information content (AvgIpc) is 3.17. The number of rotatable bonds is 3. The Bertz CT molecular complexity index is 698. The van der Waals surface area contributed by atoms with Gasteiger partial charge in [-0.25, -0.2) is 0 Å². The second-order valence-corrected chi connectivity index (χ2v) is 6.12. The fourth-order valence-electron chi connectivity index (χ4n) is 3.69. The van der Waals surface area contributed by atoms with Crippen LogP contribution in [0.4, 0.5) is 0 Å². The minimum Gasteiger partial charge on any atom is -0.454 e. The third kappa shape index (κ3) is 2.08. The van der Waals surface area contributed by atoms with Crippen molar-refractivity contribution in [2.45, 2.75) is 25.3 Å². The van der Waals surface area contributed by atoms with Gasteiger partial charge < -0.3 is 9.47 Å². The zero-order chi connectivity index (χ0) is 15.1. The SMILES string of the molecule is CCN(C)C1CC(c2ccc3c(c2)OCO3)c2ccccc21. The molecule has 1 aliphatic carbocycles. The van der Waals surface area contributed by atoms with Gasteiger partial charge in [-0.1, -0.05) is 37.3 Å². The van der Waals surface area contributed by atoms with Crippen LogP contribution >= 0.6 is 0 Å². The zero-order valence-corrected chi connectivity index (χ0v) is 13.1. The normalized spacial score (nSPS) is 22.1. The Hall–Kier alpha value is -2.00. The van der Waals surface area contributed by atoms with E-state index >= 15 is 0 Å². The van der Waals surface area contributed by atoms with Gasteiger partial charge in [0, 0.05) is 12.0 Å². The molecule has 2 aromatic carbocycles. The molecule has 0 fully saturated rings. The van der Waals surface area contributed by atoms with Crippen LogP contribution < -0.4 is 9.47 Å². The Balaban J connectivity index is 1.74. The van der Waals surface area contributed by atoms with E-state index in [-0.39, 0.29) is 0 Å². The van der Waals surface area contributed by atoms with Gasteiger partial charge >= 0.3 is 0 Å². The summed E-state index contributed by atoms with van der Waals surface area (Å²) in [5.74, 6) is 2.17. The molecule has 0 bridgehead atoms. The highest BCUT2D eigenvalue weighted by molar-refractivity contribution is 5.50. The quantitative estimate of drug-likeness (QED) is 0.856. The summed E-state index contributed by atoms with van der Waals surface area (Å²) in [6.45, 7) is 3.62. The van der Waals surface area contributed by atoms with Crippen molar-refractivity contribution in [2.75, 3.05) is 20.4 Å². The first-order valence-electron chi connectivity index (χ1n) is 7.96. The van der Waals surface area contributed by atoms with Gasteiger partial charge in [0.05, 0.1) is 0 Å². The van der Waals surface area contributed by atoms with Crippen LogP contribution in [0.1, 0.15) is 42.0 Å². The Morgan fingerprint density at radius 2 is 1.82 bits per heavy atom. The fraction of sp³-hybridized carbons (Fsp3) is 0.368. The summed E-state index contributed by atoms with van der Waals surface area (Å²) in [5, 5.41) is 0. The molecule has 0 N–H and O–H groups in total. The fourth-order valence-corrected chi connectivity index (χ4v) is 3.69. The van der Waals surface area contributed by atoms with Crippen LogP contribution in [0, 0.1) is 0 Å². The third-order valence-electron chi connectivity index (χ3n) is 5.02. The van der Waals surface area contributed by atoms with Crippen LogP contribution in [0.25, 0.3) is 0 Å². The van der Waals surface area contributed by atoms with Crippen LogP contribution in [-0.2, 0) is 0 Å². The smallest absolute Gasteiger partial charge is 0.231 e. The lowest BCUT2D eigenvalue weighted by atomic mass is 9.92. The molecule has 0 radical (unpaired) electrons. The van der Waals surface area contributed by atoms with E-state index in [0.717, 1.165) is 24.5 Å². The van der Waals surface area contributed by atoms with E-state index in [1.54, 1.807) is 0 Å². The molecular formula is C19H21NO2. The third-order valence-corrected chi connectivity index (χ3v) is 5.02. The Morgan fingerprint density at radius 1 is 1.05 bits per heavy atom. The number of fused-ring (bicyclic) bond motifs is 2. The van der Waals surface area contributed by atoms with Crippen LogP contribution in [0.3, 0.4) is 0 Å². The van der Waals surface area contributed by atoms with Crippen LogP contribution in [0.2, 0.25) is 0 Å². The monoisotopic (exact) mass is 295 g/mol. The first-order chi connectivity index (χ1) is 10.8. The summed E-state index contributed by atoms with van der Waals surface area (Å²) in [6, 6.07) is 15.7. The standard InChI is InChI=1S/C19H21NO2/c1-3-20(2)17-11-16(14-6-4-5-7-15(14)17)13-8-9-18-19(10-13)22-12-21-18/h4-10,16-17H,3,11-12H2,1-2H3. The predicted octanol–water partition coefficient (Wildman–Crippen LogP) is 3.94. The zero-order valence-electron chi connectivity index (χ0n) is 13.1. The number of hydrogen-bond acceptors (Lipinski definition) is 3. The van der Waals surface area contributed by atoms with Crippen LogP contribution in [-0.4, -0.2) is 25.3 Å². The lowest BCUT2D eigenvalue weighted by Crippen LogP contribution is -2.22. The molecule has 2 aliphatic rings. The molecule has 3 heteroatoms. The first kappa shape index (κ1) is 13.6. The molecule has 4 rings (SSSR count). The summed E-state index contributed by atoms with van der Waals surface area (Å²) in [5.41, 5.74) is 4.24. The maximum atomic E-state index is 5.55. The van der Waals surface area contributed by atoms with Crippen molar-refractivity contribution in [3.63, 3.8) is 0 Å². The molecule has 2 atom stereocenters. The van der Waals surface area contributed by atoms with Gasteiger partial charge in [-0.15, -0.1) is 0 Å². The highest BCUT2D eigenvalue weighted by Crippen LogP contribution is 2.47. The van der Waals surface area contributed by atoms with Gasteiger partial charge in [0.25, 0.3) is 0 Å². The largest absolute Gasteiger partial charge is 0.454 e. The highest BCUT2D eigenvalue weighted by atomic mass is 16.7. The van der Waals surface area contributed by atoms with Crippen molar-refractivity contribution in [1.82, 2.24) is 4.90 Å².